The van der Waals surface area contributed by atoms with Crippen LogP contribution in [0.4, 0.5) is 5.69 Å². The van der Waals surface area contributed by atoms with Gasteiger partial charge >= 0.3 is 0 Å². The van der Waals surface area contributed by atoms with Crippen LogP contribution in [0.15, 0.2) is 18.2 Å². The SMILES string of the molecule is CCc1cc(NCC(=O)N(C)C(C)C)ccc1C. The summed E-state index contributed by atoms with van der Waals surface area (Å²) in [4.78, 5) is 13.6. The second-order valence-corrected chi connectivity index (χ2v) is 4.95. The Morgan fingerprint density at radius 3 is 2.61 bits per heavy atom. The number of carbonyl (C=O) groups is 1. The zero-order valence-corrected chi connectivity index (χ0v) is 12.1. The number of aryl methyl sites for hydroxylation is 2. The van der Waals surface area contributed by atoms with E-state index in [0.717, 1.165) is 12.1 Å². The Labute approximate surface area is 110 Å². The van der Waals surface area contributed by atoms with Gasteiger partial charge in [-0.25, -0.2) is 0 Å². The molecule has 1 aromatic rings. The van der Waals surface area contributed by atoms with Gasteiger partial charge in [0.25, 0.3) is 0 Å². The fraction of sp³-hybridized carbons (Fsp3) is 0.533. The molecule has 0 aliphatic rings. The van der Waals surface area contributed by atoms with Crippen molar-refractivity contribution in [3.63, 3.8) is 0 Å². The van der Waals surface area contributed by atoms with Crippen LogP contribution in [0.2, 0.25) is 0 Å². The third kappa shape index (κ3) is 3.76. The first-order valence-corrected chi connectivity index (χ1v) is 6.54. The lowest BCUT2D eigenvalue weighted by molar-refractivity contribution is -0.129. The molecule has 3 heteroatoms. The zero-order chi connectivity index (χ0) is 13.7. The minimum absolute atomic E-state index is 0.114. The average Bonchev–Trinajstić information content (AvgIpc) is 2.36. The van der Waals surface area contributed by atoms with Crippen LogP contribution in [0, 0.1) is 6.92 Å². The van der Waals surface area contributed by atoms with Gasteiger partial charge in [-0.05, 0) is 50.5 Å². The monoisotopic (exact) mass is 248 g/mol. The number of hydrogen-bond acceptors (Lipinski definition) is 2. The van der Waals surface area contributed by atoms with E-state index in [1.165, 1.54) is 11.1 Å². The molecule has 0 aromatic heterocycles. The maximum atomic E-state index is 11.8. The number of amides is 1. The van der Waals surface area contributed by atoms with E-state index in [1.54, 1.807) is 4.90 Å². The van der Waals surface area contributed by atoms with Crippen molar-refractivity contribution in [1.82, 2.24) is 4.90 Å². The van der Waals surface area contributed by atoms with Crippen molar-refractivity contribution in [3.05, 3.63) is 29.3 Å². The van der Waals surface area contributed by atoms with Crippen molar-refractivity contribution in [3.8, 4) is 0 Å². The molecule has 0 fully saturated rings. The summed E-state index contributed by atoms with van der Waals surface area (Å²) in [6, 6.07) is 6.48. The van der Waals surface area contributed by atoms with E-state index in [9.17, 15) is 4.79 Å². The first-order valence-electron chi connectivity index (χ1n) is 6.54. The third-order valence-electron chi connectivity index (χ3n) is 3.34. The quantitative estimate of drug-likeness (QED) is 0.869. The fourth-order valence-electron chi connectivity index (χ4n) is 1.75. The van der Waals surface area contributed by atoms with Crippen molar-refractivity contribution in [2.75, 3.05) is 18.9 Å². The molecular formula is C15H24N2O. The molecule has 3 nitrogen and oxygen atoms in total. The van der Waals surface area contributed by atoms with Crippen molar-refractivity contribution in [2.45, 2.75) is 40.2 Å². The highest BCUT2D eigenvalue weighted by Gasteiger charge is 2.11. The average molecular weight is 248 g/mol. The van der Waals surface area contributed by atoms with Gasteiger partial charge in [-0.2, -0.15) is 0 Å². The second-order valence-electron chi connectivity index (χ2n) is 4.95. The van der Waals surface area contributed by atoms with Crippen LogP contribution in [0.25, 0.3) is 0 Å². The standard InChI is InChI=1S/C15H24N2O/c1-6-13-9-14(8-7-12(13)4)16-10-15(18)17(5)11(2)3/h7-9,11,16H,6,10H2,1-5H3. The van der Waals surface area contributed by atoms with Gasteiger partial charge in [0.15, 0.2) is 0 Å². The Kier molecular flexibility index (Phi) is 5.20. The predicted octanol–water partition coefficient (Wildman–Crippen LogP) is 2.84. The summed E-state index contributed by atoms with van der Waals surface area (Å²) < 4.78 is 0. The number of likely N-dealkylation sites (N-methyl/N-ethyl adjacent to an activating group) is 1. The Balaban J connectivity index is 2.61. The molecule has 1 N–H and O–H groups in total. The minimum atomic E-state index is 0.114. The molecule has 0 saturated heterocycles. The Morgan fingerprint density at radius 2 is 2.06 bits per heavy atom. The largest absolute Gasteiger partial charge is 0.376 e. The molecule has 1 amide bonds. The maximum absolute atomic E-state index is 11.8. The van der Waals surface area contributed by atoms with Crippen molar-refractivity contribution < 1.29 is 4.79 Å². The first kappa shape index (κ1) is 14.6. The highest BCUT2D eigenvalue weighted by molar-refractivity contribution is 5.80. The number of rotatable bonds is 5. The van der Waals surface area contributed by atoms with Gasteiger partial charge in [-0.15, -0.1) is 0 Å². The van der Waals surface area contributed by atoms with Crippen LogP contribution in [-0.2, 0) is 11.2 Å². The summed E-state index contributed by atoms with van der Waals surface area (Å²) in [5, 5.41) is 3.19. The smallest absolute Gasteiger partial charge is 0.241 e. The molecule has 18 heavy (non-hydrogen) atoms. The summed E-state index contributed by atoms with van der Waals surface area (Å²) in [6.07, 6.45) is 1.02. The number of nitrogens with one attached hydrogen (secondary N) is 1. The molecule has 0 spiro atoms. The highest BCUT2D eigenvalue weighted by Crippen LogP contribution is 2.15. The maximum Gasteiger partial charge on any atom is 0.241 e. The molecule has 0 radical (unpaired) electrons. The van der Waals surface area contributed by atoms with E-state index < -0.39 is 0 Å². The van der Waals surface area contributed by atoms with Gasteiger partial charge < -0.3 is 10.2 Å². The third-order valence-corrected chi connectivity index (χ3v) is 3.34. The topological polar surface area (TPSA) is 32.3 Å². The number of hydrogen-bond donors (Lipinski definition) is 1. The van der Waals surface area contributed by atoms with Crippen LogP contribution in [0.5, 0.6) is 0 Å². The van der Waals surface area contributed by atoms with Crippen molar-refractivity contribution in [2.24, 2.45) is 0 Å². The zero-order valence-electron chi connectivity index (χ0n) is 12.1. The minimum Gasteiger partial charge on any atom is -0.376 e. The highest BCUT2D eigenvalue weighted by atomic mass is 16.2. The van der Waals surface area contributed by atoms with Crippen LogP contribution in [-0.4, -0.2) is 30.4 Å². The molecule has 100 valence electrons. The summed E-state index contributed by atoms with van der Waals surface area (Å²) in [5.74, 6) is 0.114. The van der Waals surface area contributed by atoms with Gasteiger partial charge in [0, 0.05) is 18.8 Å². The Morgan fingerprint density at radius 1 is 1.39 bits per heavy atom. The van der Waals surface area contributed by atoms with E-state index in [2.05, 4.69) is 31.3 Å². The number of carbonyl (C=O) groups excluding carboxylic acids is 1. The van der Waals surface area contributed by atoms with E-state index in [-0.39, 0.29) is 11.9 Å². The number of nitrogens with zero attached hydrogens (tertiary/aromatic N) is 1. The normalized spacial score (nSPS) is 10.6. The molecule has 0 aliphatic carbocycles. The van der Waals surface area contributed by atoms with Crippen LogP contribution < -0.4 is 5.32 Å². The molecule has 1 aromatic carbocycles. The summed E-state index contributed by atoms with van der Waals surface area (Å²) in [5.41, 5.74) is 3.64. The lowest BCUT2D eigenvalue weighted by atomic mass is 10.1. The van der Waals surface area contributed by atoms with E-state index in [4.69, 9.17) is 0 Å². The molecule has 0 heterocycles. The van der Waals surface area contributed by atoms with Gasteiger partial charge in [-0.1, -0.05) is 13.0 Å². The van der Waals surface area contributed by atoms with Crippen LogP contribution >= 0.6 is 0 Å². The fourth-order valence-corrected chi connectivity index (χ4v) is 1.75. The number of benzene rings is 1. The van der Waals surface area contributed by atoms with Crippen LogP contribution in [0.3, 0.4) is 0 Å². The molecule has 0 bridgehead atoms. The molecule has 0 atom stereocenters. The van der Waals surface area contributed by atoms with Gasteiger partial charge in [-0.3, -0.25) is 4.79 Å². The lowest BCUT2D eigenvalue weighted by Crippen LogP contribution is -2.37. The van der Waals surface area contributed by atoms with Crippen molar-refractivity contribution >= 4 is 11.6 Å². The molecule has 0 saturated carbocycles. The number of anilines is 1. The lowest BCUT2D eigenvalue weighted by Gasteiger charge is -2.22. The van der Waals surface area contributed by atoms with E-state index in [0.29, 0.717) is 6.54 Å². The first-order chi connectivity index (χ1) is 8.45. The predicted molar refractivity (Wildman–Crippen MR) is 77.0 cm³/mol. The molecule has 0 unspecified atom stereocenters. The second kappa shape index (κ2) is 6.43. The van der Waals surface area contributed by atoms with Gasteiger partial charge in [0.05, 0.1) is 6.54 Å². The van der Waals surface area contributed by atoms with E-state index in [1.807, 2.05) is 27.0 Å². The van der Waals surface area contributed by atoms with Gasteiger partial charge in [0.1, 0.15) is 0 Å². The molecule has 1 rings (SSSR count). The molecular weight excluding hydrogens is 224 g/mol. The summed E-state index contributed by atoms with van der Waals surface area (Å²) >= 11 is 0. The van der Waals surface area contributed by atoms with Crippen LogP contribution in [0.1, 0.15) is 31.9 Å². The van der Waals surface area contributed by atoms with Gasteiger partial charge in [0.2, 0.25) is 5.91 Å². The molecule has 0 aliphatic heterocycles. The van der Waals surface area contributed by atoms with E-state index >= 15 is 0 Å². The summed E-state index contributed by atoms with van der Waals surface area (Å²) in [7, 11) is 1.83. The van der Waals surface area contributed by atoms with Crippen molar-refractivity contribution in [1.29, 1.82) is 0 Å². The summed E-state index contributed by atoms with van der Waals surface area (Å²) in [6.45, 7) is 8.63. The Hall–Kier alpha value is -1.51. The Bertz CT molecular complexity index is 413.